The van der Waals surface area contributed by atoms with Crippen molar-refractivity contribution in [1.82, 2.24) is 0 Å². The van der Waals surface area contributed by atoms with Crippen LogP contribution in [0.5, 0.6) is 11.5 Å². The molecule has 4 aliphatic rings. The van der Waals surface area contributed by atoms with Gasteiger partial charge in [-0.3, -0.25) is 0 Å². The Morgan fingerprint density at radius 2 is 1.32 bits per heavy atom. The minimum absolute atomic E-state index is 0.00527. The molecule has 2 atom stereocenters. The standard InChI is InChI=1S/C51H35BN2O2/c1-32-22-24-34(25-23-32)53(35-26-28-40-39-16-9-10-20-45(39)55-47(40)30-35)36-27-29-43-48(31-36)56-46-21-11-19-44-50(46)52(43)49-41-17-7-5-14-37(41)38-15-6-8-18-42(38)51(49)54(44)33-12-3-2-4-13-33/h2-31,37,41H,1H3. The van der Waals surface area contributed by atoms with E-state index in [4.69, 9.17) is 9.15 Å². The number of nitrogens with zero attached hydrogens (tertiary/aromatic N) is 2. The number of para-hydroxylation sites is 2. The van der Waals surface area contributed by atoms with Crippen LogP contribution in [-0.4, -0.2) is 6.71 Å². The van der Waals surface area contributed by atoms with E-state index in [1.54, 1.807) is 0 Å². The van der Waals surface area contributed by atoms with Crippen molar-refractivity contribution in [1.29, 1.82) is 0 Å². The first-order valence-corrected chi connectivity index (χ1v) is 19.5. The maximum absolute atomic E-state index is 7.06. The molecule has 0 bridgehead atoms. The SMILES string of the molecule is Cc1ccc(N(c2ccc3c(c2)Oc2cccc4c2B3C2=C(c3ccccc3C3C=CC=CC23)N4c2ccccc2)c2ccc3c(c2)oc2ccccc23)cc1. The molecule has 0 amide bonds. The zero-order chi connectivity index (χ0) is 36.9. The van der Waals surface area contributed by atoms with E-state index in [1.165, 1.54) is 38.8 Å². The van der Waals surface area contributed by atoms with E-state index in [0.717, 1.165) is 61.9 Å². The summed E-state index contributed by atoms with van der Waals surface area (Å²) in [6, 6.07) is 56.7. The minimum atomic E-state index is 0.00527. The average Bonchev–Trinajstić information content (AvgIpc) is 3.62. The predicted octanol–water partition coefficient (Wildman–Crippen LogP) is 12.0. The highest BCUT2D eigenvalue weighted by atomic mass is 16.5. The van der Waals surface area contributed by atoms with Gasteiger partial charge >= 0.3 is 0 Å². The molecule has 0 N–H and O–H groups in total. The number of anilines is 5. The maximum Gasteiger partial charge on any atom is 0.252 e. The fraction of sp³-hybridized carbons (Fsp3) is 0.0588. The molecule has 1 aromatic heterocycles. The number of aryl methyl sites for hydroxylation is 1. The van der Waals surface area contributed by atoms with Crippen LogP contribution in [0.2, 0.25) is 0 Å². The van der Waals surface area contributed by atoms with Crippen LogP contribution in [0, 0.1) is 12.8 Å². The van der Waals surface area contributed by atoms with Crippen LogP contribution >= 0.6 is 0 Å². The third-order valence-corrected chi connectivity index (χ3v) is 12.2. The van der Waals surface area contributed by atoms with Gasteiger partial charge in [0.1, 0.15) is 22.7 Å². The Balaban J connectivity index is 1.08. The Bertz CT molecular complexity index is 2990. The first-order chi connectivity index (χ1) is 27.7. The lowest BCUT2D eigenvalue weighted by molar-refractivity contribution is 0.487. The van der Waals surface area contributed by atoms with Gasteiger partial charge in [0, 0.05) is 74.4 Å². The summed E-state index contributed by atoms with van der Waals surface area (Å²) in [7, 11) is 0. The van der Waals surface area contributed by atoms with Crippen molar-refractivity contribution >= 4 is 73.7 Å². The normalized spacial score (nSPS) is 17.2. The highest BCUT2D eigenvalue weighted by molar-refractivity contribution is 6.95. The molecule has 0 saturated heterocycles. The Labute approximate surface area is 326 Å². The number of furan rings is 1. The van der Waals surface area contributed by atoms with Crippen molar-refractivity contribution in [3.8, 4) is 11.5 Å². The Kier molecular flexibility index (Phi) is 6.73. The average molecular weight is 719 g/mol. The monoisotopic (exact) mass is 718 g/mol. The molecule has 4 nitrogen and oxygen atoms in total. The van der Waals surface area contributed by atoms with Crippen molar-refractivity contribution in [3.63, 3.8) is 0 Å². The van der Waals surface area contributed by atoms with Crippen LogP contribution in [0.4, 0.5) is 28.4 Å². The van der Waals surface area contributed by atoms with Crippen LogP contribution in [0.1, 0.15) is 22.6 Å². The van der Waals surface area contributed by atoms with Crippen molar-refractivity contribution in [2.75, 3.05) is 9.80 Å². The van der Waals surface area contributed by atoms with E-state index in [1.807, 2.05) is 12.1 Å². The molecule has 2 aliphatic carbocycles. The van der Waals surface area contributed by atoms with E-state index >= 15 is 0 Å². The maximum atomic E-state index is 7.06. The number of allylic oxidation sites excluding steroid dienone is 5. The summed E-state index contributed by atoms with van der Waals surface area (Å²) in [5.41, 5.74) is 16.2. The van der Waals surface area contributed by atoms with E-state index in [2.05, 4.69) is 187 Å². The molecule has 2 unspecified atom stereocenters. The van der Waals surface area contributed by atoms with Gasteiger partial charge in [-0.1, -0.05) is 120 Å². The smallest absolute Gasteiger partial charge is 0.252 e. The first-order valence-electron chi connectivity index (χ1n) is 19.5. The molecular formula is C51H35BN2O2. The second-order valence-corrected chi connectivity index (χ2v) is 15.3. The zero-order valence-electron chi connectivity index (χ0n) is 30.8. The van der Waals surface area contributed by atoms with Gasteiger partial charge < -0.3 is 19.0 Å². The molecule has 3 heterocycles. The molecule has 0 radical (unpaired) electrons. The molecule has 7 aromatic carbocycles. The third-order valence-electron chi connectivity index (χ3n) is 12.2. The second-order valence-electron chi connectivity index (χ2n) is 15.3. The molecule has 0 fully saturated rings. The van der Waals surface area contributed by atoms with Crippen LogP contribution < -0.4 is 25.5 Å². The molecule has 5 heteroatoms. The largest absolute Gasteiger partial charge is 0.458 e. The number of rotatable bonds is 4. The van der Waals surface area contributed by atoms with Gasteiger partial charge in [0.2, 0.25) is 0 Å². The van der Waals surface area contributed by atoms with Gasteiger partial charge in [-0.2, -0.15) is 0 Å². The summed E-state index contributed by atoms with van der Waals surface area (Å²) in [6.45, 7) is 2.13. The Hall–Kier alpha value is -6.98. The molecule has 0 saturated carbocycles. The quantitative estimate of drug-likeness (QED) is 0.169. The number of benzene rings is 7. The van der Waals surface area contributed by atoms with Gasteiger partial charge in [-0.15, -0.1) is 0 Å². The highest BCUT2D eigenvalue weighted by Gasteiger charge is 2.49. The Morgan fingerprint density at radius 1 is 0.589 bits per heavy atom. The summed E-state index contributed by atoms with van der Waals surface area (Å²) < 4.78 is 13.5. The summed E-state index contributed by atoms with van der Waals surface area (Å²) in [6.07, 6.45) is 9.26. The minimum Gasteiger partial charge on any atom is -0.458 e. The zero-order valence-corrected chi connectivity index (χ0v) is 30.8. The molecular weight excluding hydrogens is 683 g/mol. The van der Waals surface area contributed by atoms with E-state index in [0.29, 0.717) is 0 Å². The van der Waals surface area contributed by atoms with Crippen LogP contribution in [0.15, 0.2) is 192 Å². The Morgan fingerprint density at radius 3 is 2.21 bits per heavy atom. The second kappa shape index (κ2) is 12.0. The van der Waals surface area contributed by atoms with Gasteiger partial charge in [0.05, 0.1) is 0 Å². The first kappa shape index (κ1) is 31.4. The van der Waals surface area contributed by atoms with Gasteiger partial charge in [-0.05, 0) is 84.1 Å². The van der Waals surface area contributed by atoms with Crippen molar-refractivity contribution in [3.05, 3.63) is 204 Å². The number of hydrogen-bond acceptors (Lipinski definition) is 4. The van der Waals surface area contributed by atoms with Crippen LogP contribution in [0.25, 0.3) is 27.6 Å². The van der Waals surface area contributed by atoms with Crippen molar-refractivity contribution in [2.45, 2.75) is 12.8 Å². The van der Waals surface area contributed by atoms with Gasteiger partial charge in [0.15, 0.2) is 0 Å². The molecule has 8 aromatic rings. The van der Waals surface area contributed by atoms with E-state index in [-0.39, 0.29) is 18.5 Å². The molecule has 12 rings (SSSR count). The van der Waals surface area contributed by atoms with E-state index < -0.39 is 0 Å². The summed E-state index contributed by atoms with van der Waals surface area (Å²) >= 11 is 0. The van der Waals surface area contributed by atoms with E-state index in [9.17, 15) is 0 Å². The lowest BCUT2D eigenvalue weighted by Crippen LogP contribution is -2.56. The highest BCUT2D eigenvalue weighted by Crippen LogP contribution is 2.54. The fourth-order valence-corrected chi connectivity index (χ4v) is 9.75. The molecule has 264 valence electrons. The lowest BCUT2D eigenvalue weighted by Gasteiger charge is -2.47. The molecule has 2 aliphatic heterocycles. The van der Waals surface area contributed by atoms with Crippen molar-refractivity contribution < 1.29 is 9.15 Å². The lowest BCUT2D eigenvalue weighted by atomic mass is 9.30. The summed E-state index contributed by atoms with van der Waals surface area (Å²) in [5.74, 6) is 2.22. The number of hydrogen-bond donors (Lipinski definition) is 0. The molecule has 56 heavy (non-hydrogen) atoms. The topological polar surface area (TPSA) is 28.9 Å². The van der Waals surface area contributed by atoms with Crippen LogP contribution in [0.3, 0.4) is 0 Å². The summed E-state index contributed by atoms with van der Waals surface area (Å²) in [5, 5.41) is 2.23. The fourth-order valence-electron chi connectivity index (χ4n) is 9.75. The van der Waals surface area contributed by atoms with Gasteiger partial charge in [-0.25, -0.2) is 0 Å². The van der Waals surface area contributed by atoms with Crippen molar-refractivity contribution in [2.24, 2.45) is 5.92 Å². The predicted molar refractivity (Wildman–Crippen MR) is 231 cm³/mol. The molecule has 0 spiro atoms. The van der Waals surface area contributed by atoms with Crippen LogP contribution in [-0.2, 0) is 0 Å². The van der Waals surface area contributed by atoms with Gasteiger partial charge in [0.25, 0.3) is 6.71 Å². The number of ether oxygens (including phenoxy) is 1. The summed E-state index contributed by atoms with van der Waals surface area (Å²) in [4.78, 5) is 4.80. The third kappa shape index (κ3) is 4.55. The number of fused-ring (bicyclic) bond motifs is 11.